The summed E-state index contributed by atoms with van der Waals surface area (Å²) in [7, 11) is 0. The van der Waals surface area contributed by atoms with E-state index in [1.54, 1.807) is 0 Å². The van der Waals surface area contributed by atoms with Gasteiger partial charge in [-0.3, -0.25) is 4.79 Å². The second-order valence-electron chi connectivity index (χ2n) is 12.2. The van der Waals surface area contributed by atoms with E-state index in [1.807, 2.05) is 0 Å². The van der Waals surface area contributed by atoms with Gasteiger partial charge in [0.25, 0.3) is 0 Å². The number of esters is 1. The number of hydrogen-bond acceptors (Lipinski definition) is 2. The minimum absolute atomic E-state index is 0. The average Bonchev–Trinajstić information content (AvgIpc) is 2.92. The molecule has 0 bridgehead atoms. The van der Waals surface area contributed by atoms with Gasteiger partial charge in [0.15, 0.2) is 0 Å². The zero-order valence-corrected chi connectivity index (χ0v) is 28.8. The first-order valence-corrected chi connectivity index (χ1v) is 18.0. The first-order valence-electron chi connectivity index (χ1n) is 18.0. The Labute approximate surface area is 266 Å². The Morgan fingerprint density at radius 2 is 0.615 bits per heavy atom. The number of carbonyl (C=O) groups is 1. The molecule has 0 fully saturated rings. The fourth-order valence-electron chi connectivity index (χ4n) is 5.55. The van der Waals surface area contributed by atoms with Gasteiger partial charge >= 0.3 is 29.0 Å². The van der Waals surface area contributed by atoms with Gasteiger partial charge in [0.1, 0.15) is 0 Å². The molecule has 0 aromatic carbocycles. The van der Waals surface area contributed by atoms with E-state index in [1.165, 1.54) is 186 Å². The molecule has 0 aromatic heterocycles. The van der Waals surface area contributed by atoms with Gasteiger partial charge < -0.3 is 7.59 Å². The first-order chi connectivity index (χ1) is 18.8. The van der Waals surface area contributed by atoms with Crippen molar-refractivity contribution in [2.24, 2.45) is 0 Å². The van der Waals surface area contributed by atoms with Crippen molar-refractivity contribution in [1.82, 2.24) is 0 Å². The molecule has 0 rings (SSSR count). The van der Waals surface area contributed by atoms with E-state index in [0.29, 0.717) is 13.0 Å². The van der Waals surface area contributed by atoms with Crippen LogP contribution in [0, 0.1) is 0 Å². The number of rotatable bonds is 33. The van der Waals surface area contributed by atoms with E-state index in [4.69, 9.17) is 4.74 Å². The average molecular weight is 563 g/mol. The Kier molecular flexibility index (Phi) is 40.6. The van der Waals surface area contributed by atoms with E-state index < -0.39 is 0 Å². The van der Waals surface area contributed by atoms with E-state index in [0.717, 1.165) is 12.8 Å². The standard InChI is InChI=1S/C36H72O2.Mg.2H/c1-3-5-7-9-11-13-15-17-19-21-23-25-27-29-31-33-35-38-36(37)34-32-30-28-26-24-22-20-18-16-14-12-10-8-6-4-2;;;/h3-35H2,1-2H3;;;/q;+2;2*-1. The molecular weight excluding hydrogens is 489 g/mol. The van der Waals surface area contributed by atoms with Crippen molar-refractivity contribution in [2.75, 3.05) is 6.61 Å². The molecule has 0 saturated carbocycles. The minimum Gasteiger partial charge on any atom is -1.00 e. The van der Waals surface area contributed by atoms with Crippen LogP contribution in [0.3, 0.4) is 0 Å². The summed E-state index contributed by atoms with van der Waals surface area (Å²) in [6, 6.07) is 0. The van der Waals surface area contributed by atoms with Crippen molar-refractivity contribution in [3.8, 4) is 0 Å². The van der Waals surface area contributed by atoms with Crippen LogP contribution in [-0.4, -0.2) is 35.6 Å². The van der Waals surface area contributed by atoms with Gasteiger partial charge in [0.05, 0.1) is 6.61 Å². The maximum Gasteiger partial charge on any atom is 2.00 e. The van der Waals surface area contributed by atoms with Gasteiger partial charge in [0.2, 0.25) is 0 Å². The maximum atomic E-state index is 11.9. The number of ether oxygens (including phenoxy) is 1. The maximum absolute atomic E-state index is 11.9. The predicted molar refractivity (Wildman–Crippen MR) is 178 cm³/mol. The molecule has 0 saturated heterocycles. The molecule has 0 aliphatic carbocycles. The third-order valence-corrected chi connectivity index (χ3v) is 8.25. The molecule has 0 aromatic rings. The second kappa shape index (κ2) is 38.2. The quantitative estimate of drug-likeness (QED) is 0.0451. The van der Waals surface area contributed by atoms with E-state index in [2.05, 4.69) is 13.8 Å². The molecule has 0 atom stereocenters. The van der Waals surface area contributed by atoms with Crippen molar-refractivity contribution in [2.45, 2.75) is 219 Å². The minimum atomic E-state index is 0. The molecular formula is C36H74MgO2. The monoisotopic (exact) mass is 563 g/mol. The molecule has 0 unspecified atom stereocenters. The molecule has 0 radical (unpaired) electrons. The molecule has 0 aliphatic rings. The van der Waals surface area contributed by atoms with Crippen molar-refractivity contribution >= 4 is 29.0 Å². The normalized spacial score (nSPS) is 11.0. The second-order valence-corrected chi connectivity index (χ2v) is 12.2. The zero-order valence-electron chi connectivity index (χ0n) is 29.4. The summed E-state index contributed by atoms with van der Waals surface area (Å²) in [5, 5.41) is 0. The van der Waals surface area contributed by atoms with Crippen molar-refractivity contribution in [1.29, 1.82) is 0 Å². The summed E-state index contributed by atoms with van der Waals surface area (Å²) in [6.07, 6.45) is 43.1. The van der Waals surface area contributed by atoms with Gasteiger partial charge in [-0.1, -0.05) is 200 Å². The summed E-state index contributed by atoms with van der Waals surface area (Å²) in [4.78, 5) is 11.9. The van der Waals surface area contributed by atoms with Crippen LogP contribution < -0.4 is 0 Å². The Morgan fingerprint density at radius 3 is 0.897 bits per heavy atom. The molecule has 0 N–H and O–H groups in total. The molecule has 0 aliphatic heterocycles. The van der Waals surface area contributed by atoms with E-state index in [-0.39, 0.29) is 31.9 Å². The van der Waals surface area contributed by atoms with Gasteiger partial charge in [-0.05, 0) is 12.8 Å². The fourth-order valence-corrected chi connectivity index (χ4v) is 5.55. The summed E-state index contributed by atoms with van der Waals surface area (Å²) in [5.74, 6) is 0.0284. The van der Waals surface area contributed by atoms with E-state index >= 15 is 0 Å². The molecule has 39 heavy (non-hydrogen) atoms. The smallest absolute Gasteiger partial charge is 1.00 e. The Morgan fingerprint density at radius 1 is 0.385 bits per heavy atom. The molecule has 2 nitrogen and oxygen atoms in total. The molecule has 3 heteroatoms. The van der Waals surface area contributed by atoms with Crippen LogP contribution >= 0.6 is 0 Å². The first kappa shape index (κ1) is 41.4. The molecule has 0 spiro atoms. The largest absolute Gasteiger partial charge is 2.00 e. The van der Waals surface area contributed by atoms with E-state index in [9.17, 15) is 4.79 Å². The Balaban J connectivity index is -0.00000228. The summed E-state index contributed by atoms with van der Waals surface area (Å²) in [5.41, 5.74) is 0. The molecule has 0 amide bonds. The van der Waals surface area contributed by atoms with Gasteiger partial charge in [-0.15, -0.1) is 0 Å². The van der Waals surface area contributed by atoms with Crippen LogP contribution in [0.25, 0.3) is 0 Å². The van der Waals surface area contributed by atoms with Crippen LogP contribution in [0.2, 0.25) is 0 Å². The number of hydrogen-bond donors (Lipinski definition) is 0. The van der Waals surface area contributed by atoms with Gasteiger partial charge in [-0.25, -0.2) is 0 Å². The van der Waals surface area contributed by atoms with Crippen LogP contribution in [0.15, 0.2) is 0 Å². The van der Waals surface area contributed by atoms with Crippen molar-refractivity contribution in [3.63, 3.8) is 0 Å². The third kappa shape index (κ3) is 38.2. The summed E-state index contributed by atoms with van der Waals surface area (Å²) >= 11 is 0. The van der Waals surface area contributed by atoms with Crippen LogP contribution in [-0.2, 0) is 9.53 Å². The Bertz CT molecular complexity index is 451. The van der Waals surface area contributed by atoms with Crippen LogP contribution in [0.5, 0.6) is 0 Å². The molecule has 232 valence electrons. The zero-order chi connectivity index (χ0) is 27.6. The Hall–Kier alpha value is 0.236. The number of carbonyl (C=O) groups excluding carboxylic acids is 1. The van der Waals surface area contributed by atoms with Gasteiger partial charge in [-0.2, -0.15) is 0 Å². The molecule has 0 heterocycles. The predicted octanol–water partition coefficient (Wildman–Crippen LogP) is 12.9. The SMILES string of the molecule is CCCCCCCCCCCCCCCCCCOC(=O)CCCCCCCCCCCCCCCCC.[H-].[H-].[Mg+2]. The summed E-state index contributed by atoms with van der Waals surface area (Å²) < 4.78 is 5.44. The van der Waals surface area contributed by atoms with Crippen molar-refractivity contribution in [3.05, 3.63) is 0 Å². The van der Waals surface area contributed by atoms with Gasteiger partial charge in [0, 0.05) is 6.42 Å². The topological polar surface area (TPSA) is 26.3 Å². The third-order valence-electron chi connectivity index (χ3n) is 8.25. The number of unbranched alkanes of at least 4 members (excludes halogenated alkanes) is 29. The van der Waals surface area contributed by atoms with Crippen molar-refractivity contribution < 1.29 is 12.4 Å². The fraction of sp³-hybridized carbons (Fsp3) is 0.972. The summed E-state index contributed by atoms with van der Waals surface area (Å²) in [6.45, 7) is 5.22. The van der Waals surface area contributed by atoms with Crippen LogP contribution in [0.1, 0.15) is 222 Å². The van der Waals surface area contributed by atoms with Crippen LogP contribution in [0.4, 0.5) is 0 Å².